The molecule has 0 amide bonds. The summed E-state index contributed by atoms with van der Waals surface area (Å²) >= 11 is 0. The molecule has 10 aromatic rings. The molecule has 1 N–H and O–H groups in total. The minimum Gasteiger partial charge on any atom is -0.507 e. The second-order valence-electron chi connectivity index (χ2n) is 14.8. The van der Waals surface area contributed by atoms with Crippen molar-refractivity contribution in [3.63, 3.8) is 0 Å². The van der Waals surface area contributed by atoms with Gasteiger partial charge in [-0.1, -0.05) is 140 Å². The number of hydrogen-bond acceptors (Lipinski definition) is 3. The summed E-state index contributed by atoms with van der Waals surface area (Å²) in [5, 5.41) is 13.4. The Morgan fingerprint density at radius 2 is 1.12 bits per heavy atom. The van der Waals surface area contributed by atoms with Gasteiger partial charge in [-0.25, -0.2) is 4.98 Å². The number of imidazole rings is 1. The van der Waals surface area contributed by atoms with Crippen molar-refractivity contribution in [2.24, 2.45) is 0 Å². The Morgan fingerprint density at radius 3 is 1.86 bits per heavy atom. The Balaban J connectivity index is 0.00000422. The van der Waals surface area contributed by atoms with Crippen molar-refractivity contribution in [3.05, 3.63) is 199 Å². The van der Waals surface area contributed by atoms with Crippen molar-refractivity contribution < 1.29 is 26.2 Å². The number of rotatable bonds is 7. The van der Waals surface area contributed by atoms with E-state index in [-0.39, 0.29) is 32.2 Å². The number of hydrogen-bond donors (Lipinski definition) is 1. The van der Waals surface area contributed by atoms with E-state index in [0.717, 1.165) is 66.8 Å². The summed E-state index contributed by atoms with van der Waals surface area (Å²) in [5.41, 5.74) is 12.3. The number of phenols is 1. The van der Waals surface area contributed by atoms with E-state index >= 15 is 0 Å². The largest absolute Gasteiger partial charge is 0.507 e. The first-order valence-corrected chi connectivity index (χ1v) is 18.9. The van der Waals surface area contributed by atoms with Crippen molar-refractivity contribution in [3.8, 4) is 50.9 Å². The van der Waals surface area contributed by atoms with Crippen LogP contribution in [0.5, 0.6) is 5.75 Å². The number of para-hydroxylation sites is 5. The van der Waals surface area contributed by atoms with Crippen LogP contribution >= 0.6 is 0 Å². The average Bonchev–Trinajstić information content (AvgIpc) is 3.81. The van der Waals surface area contributed by atoms with Gasteiger partial charge in [-0.05, 0) is 54.1 Å². The van der Waals surface area contributed by atoms with E-state index in [1.807, 2.05) is 48.7 Å². The van der Waals surface area contributed by atoms with Crippen molar-refractivity contribution in [1.29, 1.82) is 0 Å². The first kappa shape index (κ1) is 36.1. The van der Waals surface area contributed by atoms with Gasteiger partial charge < -0.3 is 9.67 Å². The maximum Gasteiger partial charge on any atom is 0.148 e. The van der Waals surface area contributed by atoms with Crippen LogP contribution < -0.4 is 0 Å². The van der Waals surface area contributed by atoms with Crippen molar-refractivity contribution in [2.75, 3.05) is 0 Å². The molecular formula is C51H37N4OPt-. The van der Waals surface area contributed by atoms with E-state index in [4.69, 9.17) is 9.97 Å². The Bertz CT molecular complexity index is 3060. The third kappa shape index (κ3) is 6.16. The van der Waals surface area contributed by atoms with Crippen LogP contribution in [0, 0.1) is 6.07 Å². The summed E-state index contributed by atoms with van der Waals surface area (Å²) < 4.78 is 4.42. The van der Waals surface area contributed by atoms with Crippen LogP contribution in [0.15, 0.2) is 182 Å². The second kappa shape index (κ2) is 14.5. The van der Waals surface area contributed by atoms with Gasteiger partial charge in [0.25, 0.3) is 0 Å². The molecule has 0 aliphatic heterocycles. The molecule has 0 spiro atoms. The smallest absolute Gasteiger partial charge is 0.148 e. The van der Waals surface area contributed by atoms with Crippen molar-refractivity contribution >= 4 is 32.8 Å². The van der Waals surface area contributed by atoms with Crippen LogP contribution in [0.3, 0.4) is 0 Å². The van der Waals surface area contributed by atoms with E-state index in [1.165, 1.54) is 10.9 Å². The fourth-order valence-electron chi connectivity index (χ4n) is 8.10. The van der Waals surface area contributed by atoms with Gasteiger partial charge in [-0.15, -0.1) is 29.3 Å². The molecule has 0 radical (unpaired) electrons. The number of benzene rings is 7. The Morgan fingerprint density at radius 1 is 0.526 bits per heavy atom. The summed E-state index contributed by atoms with van der Waals surface area (Å²) in [5.74, 6) is 0.844. The molecule has 0 bridgehead atoms. The van der Waals surface area contributed by atoms with Crippen LogP contribution in [0.1, 0.15) is 25.0 Å². The van der Waals surface area contributed by atoms with Gasteiger partial charge in [0, 0.05) is 60.5 Å². The zero-order valence-electron chi connectivity index (χ0n) is 31.4. The molecule has 7 aromatic carbocycles. The third-order valence-electron chi connectivity index (χ3n) is 11.1. The zero-order chi connectivity index (χ0) is 37.8. The van der Waals surface area contributed by atoms with Gasteiger partial charge in [0.1, 0.15) is 11.6 Å². The van der Waals surface area contributed by atoms with Crippen LogP contribution in [-0.2, 0) is 26.5 Å². The second-order valence-corrected chi connectivity index (χ2v) is 14.8. The minimum absolute atomic E-state index is 0. The van der Waals surface area contributed by atoms with Crippen LogP contribution in [0.25, 0.3) is 78.0 Å². The fourth-order valence-corrected chi connectivity index (χ4v) is 8.10. The molecule has 3 heterocycles. The van der Waals surface area contributed by atoms with Crippen LogP contribution in [0.2, 0.25) is 0 Å². The van der Waals surface area contributed by atoms with Gasteiger partial charge >= 0.3 is 0 Å². The molecule has 0 fully saturated rings. The molecule has 0 atom stereocenters. The molecule has 5 nitrogen and oxygen atoms in total. The average molecular weight is 917 g/mol. The molecule has 57 heavy (non-hydrogen) atoms. The number of phenolic OH excluding ortho intramolecular Hbond substituents is 1. The van der Waals surface area contributed by atoms with Gasteiger partial charge in [0.2, 0.25) is 0 Å². The SMILES string of the molecule is CC(C)(c1ccccc1)c1cc(-c2cc3c4ccccc4n(-c4ccccc4)c3cn2)[c-]c(-c2cccc3c2nc(-c2ccccc2O)n3-c2ccccc2)c1.[Pt]. The fraction of sp³-hybridized carbons (Fsp3) is 0.0588. The molecular weight excluding hydrogens is 880 g/mol. The minimum atomic E-state index is -0.342. The standard InChI is InChI=1S/C51H37N4O.Pt/c1-51(2,36-17-6-3-7-18-36)37-30-34(40-25-16-27-46-49(40)53-50(42-24-13-15-28-48(42)56)55(46)39-21-10-5-11-22-39)29-35(31-37)44-32-43-41-23-12-14-26-45(41)54(47(43)33-52-44)38-19-8-4-9-20-38;/h3-28,30-33,56H,1-2H3;/q-1;. The summed E-state index contributed by atoms with van der Waals surface area (Å²) in [6.07, 6.45) is 2.00. The Kier molecular flexibility index (Phi) is 9.19. The van der Waals surface area contributed by atoms with Crippen LogP contribution in [0.4, 0.5) is 0 Å². The maximum absolute atomic E-state index is 11.1. The topological polar surface area (TPSA) is 55.9 Å². The van der Waals surface area contributed by atoms with E-state index in [9.17, 15) is 5.11 Å². The van der Waals surface area contributed by atoms with Crippen molar-refractivity contribution in [2.45, 2.75) is 19.3 Å². The molecule has 0 aliphatic carbocycles. The molecule has 0 aliphatic rings. The molecule has 3 aromatic heterocycles. The molecule has 0 saturated carbocycles. The van der Waals surface area contributed by atoms with E-state index in [1.54, 1.807) is 6.07 Å². The summed E-state index contributed by atoms with van der Waals surface area (Å²) in [7, 11) is 0. The normalized spacial score (nSPS) is 11.6. The number of aromatic hydroxyl groups is 1. The molecule has 278 valence electrons. The number of aromatic nitrogens is 4. The third-order valence-corrected chi connectivity index (χ3v) is 11.1. The monoisotopic (exact) mass is 916 g/mol. The van der Waals surface area contributed by atoms with Gasteiger partial charge in [-0.3, -0.25) is 9.55 Å². The van der Waals surface area contributed by atoms with E-state index in [0.29, 0.717) is 11.4 Å². The van der Waals surface area contributed by atoms with E-state index in [2.05, 4.69) is 156 Å². The predicted octanol–water partition coefficient (Wildman–Crippen LogP) is 12.3. The van der Waals surface area contributed by atoms with Crippen LogP contribution in [-0.4, -0.2) is 24.2 Å². The Hall–Kier alpha value is -6.55. The summed E-state index contributed by atoms with van der Waals surface area (Å²) in [6, 6.07) is 64.1. The van der Waals surface area contributed by atoms with E-state index < -0.39 is 0 Å². The number of nitrogens with zero attached hydrogens (tertiary/aromatic N) is 4. The van der Waals surface area contributed by atoms with Gasteiger partial charge in [0.15, 0.2) is 0 Å². The summed E-state index contributed by atoms with van der Waals surface area (Å²) in [4.78, 5) is 10.5. The predicted molar refractivity (Wildman–Crippen MR) is 229 cm³/mol. The molecule has 0 saturated heterocycles. The van der Waals surface area contributed by atoms with Crippen molar-refractivity contribution in [1.82, 2.24) is 19.1 Å². The molecule has 10 rings (SSSR count). The first-order chi connectivity index (χ1) is 27.5. The molecule has 0 unspecified atom stereocenters. The Labute approximate surface area is 345 Å². The number of pyridine rings is 1. The first-order valence-electron chi connectivity index (χ1n) is 18.9. The maximum atomic E-state index is 11.1. The zero-order valence-corrected chi connectivity index (χ0v) is 33.6. The molecule has 6 heteroatoms. The van der Waals surface area contributed by atoms with Gasteiger partial charge in [0.05, 0.1) is 27.6 Å². The number of fused-ring (bicyclic) bond motifs is 4. The summed E-state index contributed by atoms with van der Waals surface area (Å²) in [6.45, 7) is 4.55. The quantitative estimate of drug-likeness (QED) is 0.162. The van der Waals surface area contributed by atoms with Gasteiger partial charge in [-0.2, -0.15) is 0 Å².